The largest absolute Gasteiger partial charge is 0.748 e. The van der Waals surface area contributed by atoms with Gasteiger partial charge in [-0.1, -0.05) is 0 Å². The van der Waals surface area contributed by atoms with E-state index in [4.69, 9.17) is 0 Å². The van der Waals surface area contributed by atoms with Crippen molar-refractivity contribution in [2.24, 2.45) is 0 Å². The maximum absolute atomic E-state index is 12.4. The van der Waals surface area contributed by atoms with Crippen LogP contribution in [-0.4, -0.2) is 49.5 Å². The highest BCUT2D eigenvalue weighted by molar-refractivity contribution is 7.87. The van der Waals surface area contributed by atoms with Crippen LogP contribution in [0.5, 0.6) is 0 Å². The van der Waals surface area contributed by atoms with Crippen LogP contribution in [0.2, 0.25) is 0 Å². The highest BCUT2D eigenvalue weighted by Gasteiger charge is 2.48. The quantitative estimate of drug-likeness (QED) is 0.331. The van der Waals surface area contributed by atoms with E-state index in [2.05, 4.69) is 4.74 Å². The lowest BCUT2D eigenvalue weighted by atomic mass is 10.5. The van der Waals surface area contributed by atoms with Crippen LogP contribution >= 0.6 is 0 Å². The van der Waals surface area contributed by atoms with Gasteiger partial charge in [0.05, 0.1) is 16.7 Å². The van der Waals surface area contributed by atoms with Crippen LogP contribution in [-0.2, 0) is 29.8 Å². The number of alkyl halides is 2. The van der Waals surface area contributed by atoms with Crippen molar-refractivity contribution in [3.8, 4) is 0 Å². The molecule has 8 nitrogen and oxygen atoms in total. The van der Waals surface area contributed by atoms with Gasteiger partial charge in [0.15, 0.2) is 10.1 Å². The van der Waals surface area contributed by atoms with Crippen LogP contribution in [0.1, 0.15) is 6.42 Å². The minimum atomic E-state index is -6.20. The summed E-state index contributed by atoms with van der Waals surface area (Å²) >= 11 is 0. The molecule has 0 N–H and O–H groups in total. The lowest BCUT2D eigenvalue weighted by Gasteiger charge is -2.18. The van der Waals surface area contributed by atoms with Gasteiger partial charge in [-0.05, 0) is 6.42 Å². The first kappa shape index (κ1) is 16.1. The molecule has 102 valence electrons. The molecule has 0 bridgehead atoms. The molecule has 0 amide bonds. The molecule has 0 fully saturated rings. The van der Waals surface area contributed by atoms with Crippen molar-refractivity contribution in [2.45, 2.75) is 11.7 Å². The van der Waals surface area contributed by atoms with Crippen LogP contribution in [0.15, 0.2) is 0 Å². The first-order valence-electron chi connectivity index (χ1n) is 3.82. The highest BCUT2D eigenvalue weighted by atomic mass is 32.2. The molecule has 17 heavy (non-hydrogen) atoms. The molecule has 0 radical (unpaired) electrons. The van der Waals surface area contributed by atoms with Crippen molar-refractivity contribution < 1.29 is 44.3 Å². The third kappa shape index (κ3) is 5.34. The molecule has 0 aromatic rings. The van der Waals surface area contributed by atoms with E-state index in [9.17, 15) is 39.5 Å². The minimum absolute atomic E-state index is 0.591. The molecule has 0 saturated heterocycles. The predicted octanol–water partition coefficient (Wildman–Crippen LogP) is -1.40. The zero-order valence-corrected chi connectivity index (χ0v) is 9.59. The van der Waals surface area contributed by atoms with Gasteiger partial charge in [0.2, 0.25) is 0 Å². The van der Waals surface area contributed by atoms with Gasteiger partial charge in [0.25, 0.3) is 0 Å². The molecule has 0 rings (SSSR count). The number of halogens is 2. The molecule has 0 atom stereocenters. The summed E-state index contributed by atoms with van der Waals surface area (Å²) in [6, 6.07) is 0. The SMILES string of the molecule is O=C(OCCCS(=O)(=O)[O-])C(F)(F)S(=O)(=O)[O-]. The summed E-state index contributed by atoms with van der Waals surface area (Å²) < 4.78 is 88.4. The Kier molecular flexibility index (Phi) is 4.94. The summed E-state index contributed by atoms with van der Waals surface area (Å²) in [6.45, 7) is -0.925. The monoisotopic (exact) mass is 296 g/mol. The van der Waals surface area contributed by atoms with E-state index >= 15 is 0 Å². The van der Waals surface area contributed by atoms with E-state index in [1.54, 1.807) is 0 Å². The number of carbonyl (C=O) groups is 1. The van der Waals surface area contributed by atoms with Crippen molar-refractivity contribution >= 4 is 26.2 Å². The smallest absolute Gasteiger partial charge is 0.428 e. The third-order valence-corrected chi connectivity index (χ3v) is 2.91. The molecule has 0 spiro atoms. The van der Waals surface area contributed by atoms with Crippen molar-refractivity contribution in [2.75, 3.05) is 12.4 Å². The highest BCUT2D eigenvalue weighted by Crippen LogP contribution is 2.21. The zero-order chi connectivity index (χ0) is 13.9. The lowest BCUT2D eigenvalue weighted by Crippen LogP contribution is -2.39. The fraction of sp³-hybridized carbons (Fsp3) is 0.800. The van der Waals surface area contributed by atoms with E-state index in [0.717, 1.165) is 0 Å². The van der Waals surface area contributed by atoms with Gasteiger partial charge in [0.1, 0.15) is 0 Å². The summed E-state index contributed by atoms with van der Waals surface area (Å²) in [5.41, 5.74) is 0. The Labute approximate surface area is 95.1 Å². The lowest BCUT2D eigenvalue weighted by molar-refractivity contribution is -0.161. The number of rotatable bonds is 6. The molecule has 0 unspecified atom stereocenters. The topological polar surface area (TPSA) is 141 Å². The van der Waals surface area contributed by atoms with Crippen molar-refractivity contribution in [3.05, 3.63) is 0 Å². The first-order valence-corrected chi connectivity index (χ1v) is 6.80. The standard InChI is InChI=1S/C5H8F2O8S2/c6-5(7,17(12,13)14)4(8)15-2-1-3-16(9,10)11/h1-3H2,(H,9,10,11)(H,12,13,14)/p-2. The van der Waals surface area contributed by atoms with Gasteiger partial charge in [-0.3, -0.25) is 0 Å². The van der Waals surface area contributed by atoms with Gasteiger partial charge in [-0.2, -0.15) is 8.78 Å². The second-order valence-electron chi connectivity index (χ2n) is 2.72. The second-order valence-corrected chi connectivity index (χ2v) is 5.67. The van der Waals surface area contributed by atoms with E-state index in [1.165, 1.54) is 0 Å². The maximum Gasteiger partial charge on any atom is 0.428 e. The molecule has 12 heteroatoms. The summed E-state index contributed by atoms with van der Waals surface area (Å²) in [5, 5.41) is -5.25. The Morgan fingerprint density at radius 1 is 1.18 bits per heavy atom. The van der Waals surface area contributed by atoms with Crippen LogP contribution in [0, 0.1) is 0 Å². The van der Waals surface area contributed by atoms with Gasteiger partial charge >= 0.3 is 11.2 Å². The summed E-state index contributed by atoms with van der Waals surface area (Å²) in [5.74, 6) is -3.59. The third-order valence-electron chi connectivity index (χ3n) is 1.32. The molecule has 0 aliphatic heterocycles. The number of ether oxygens (including phenoxy) is 1. The van der Waals surface area contributed by atoms with Crippen molar-refractivity contribution in [1.82, 2.24) is 0 Å². The van der Waals surface area contributed by atoms with Crippen LogP contribution < -0.4 is 0 Å². The summed E-state index contributed by atoms with van der Waals surface area (Å²) in [4.78, 5) is 10.5. The van der Waals surface area contributed by atoms with Gasteiger partial charge in [-0.15, -0.1) is 0 Å². The molecule has 0 aliphatic carbocycles. The van der Waals surface area contributed by atoms with E-state index in [0.29, 0.717) is 0 Å². The van der Waals surface area contributed by atoms with E-state index < -0.39 is 50.2 Å². The Hall–Kier alpha value is -0.850. The fourth-order valence-corrected chi connectivity index (χ4v) is 1.32. The van der Waals surface area contributed by atoms with Gasteiger partial charge in [-0.25, -0.2) is 21.6 Å². The zero-order valence-electron chi connectivity index (χ0n) is 7.96. The fourth-order valence-electron chi connectivity index (χ4n) is 0.587. The second kappa shape index (κ2) is 5.20. The molecular formula is C5H6F2O8S2-2. The molecular weight excluding hydrogens is 290 g/mol. The van der Waals surface area contributed by atoms with Gasteiger partial charge in [0, 0.05) is 5.75 Å². The number of esters is 1. The average Bonchev–Trinajstić information content (AvgIpc) is 2.08. The Morgan fingerprint density at radius 3 is 2.00 bits per heavy atom. The molecule has 0 aromatic heterocycles. The van der Waals surface area contributed by atoms with Crippen LogP contribution in [0.4, 0.5) is 8.78 Å². The average molecular weight is 296 g/mol. The molecule has 0 saturated carbocycles. The van der Waals surface area contributed by atoms with E-state index in [1.807, 2.05) is 0 Å². The van der Waals surface area contributed by atoms with E-state index in [-0.39, 0.29) is 0 Å². The number of hydrogen-bond donors (Lipinski definition) is 0. The van der Waals surface area contributed by atoms with Crippen LogP contribution in [0.25, 0.3) is 0 Å². The van der Waals surface area contributed by atoms with Crippen LogP contribution in [0.3, 0.4) is 0 Å². The van der Waals surface area contributed by atoms with Gasteiger partial charge < -0.3 is 13.8 Å². The summed E-state index contributed by atoms with van der Waals surface area (Å²) in [7, 11) is -10.8. The molecule has 0 aliphatic rings. The predicted molar refractivity (Wildman–Crippen MR) is 44.8 cm³/mol. The Balaban J connectivity index is 4.31. The number of hydrogen-bond acceptors (Lipinski definition) is 8. The number of carbonyl (C=O) groups excluding carboxylic acids is 1. The van der Waals surface area contributed by atoms with Crippen molar-refractivity contribution in [1.29, 1.82) is 0 Å². The molecule has 0 heterocycles. The minimum Gasteiger partial charge on any atom is -0.748 e. The summed E-state index contributed by atoms with van der Waals surface area (Å²) in [6.07, 6.45) is -0.591. The molecule has 0 aromatic carbocycles. The maximum atomic E-state index is 12.4. The Bertz CT molecular complexity index is 478. The van der Waals surface area contributed by atoms with Crippen molar-refractivity contribution in [3.63, 3.8) is 0 Å². The normalized spacial score (nSPS) is 13.4. The Morgan fingerprint density at radius 2 is 1.65 bits per heavy atom. The first-order chi connectivity index (χ1) is 7.38.